The summed E-state index contributed by atoms with van der Waals surface area (Å²) in [5.41, 5.74) is 3.39. The third-order valence-electron chi connectivity index (χ3n) is 6.04. The summed E-state index contributed by atoms with van der Waals surface area (Å²) in [4.78, 5) is 17.4. The SMILES string of the molecule is CN=C(NCCCc1nc2ccccc2[nH]1)N1CCN(Cc2ccc3c(c2)OCO3)CC1.I. The number of fused-ring (bicyclic) bond motifs is 2. The van der Waals surface area contributed by atoms with Crippen LogP contribution in [0.4, 0.5) is 0 Å². The molecule has 8 nitrogen and oxygen atoms in total. The van der Waals surface area contributed by atoms with Gasteiger partial charge in [-0.05, 0) is 36.2 Å². The van der Waals surface area contributed by atoms with Crippen LogP contribution in [0.1, 0.15) is 17.8 Å². The highest BCUT2D eigenvalue weighted by molar-refractivity contribution is 14.0. The maximum Gasteiger partial charge on any atom is 0.231 e. The largest absolute Gasteiger partial charge is 0.454 e. The maximum absolute atomic E-state index is 5.50. The molecule has 176 valence electrons. The molecule has 0 radical (unpaired) electrons. The first-order valence-electron chi connectivity index (χ1n) is 11.3. The van der Waals surface area contributed by atoms with E-state index in [0.717, 1.165) is 86.4 Å². The number of hydrogen-bond donors (Lipinski definition) is 2. The molecular formula is C24H31IN6O2. The molecule has 0 bridgehead atoms. The highest BCUT2D eigenvalue weighted by Gasteiger charge is 2.20. The number of guanidine groups is 1. The summed E-state index contributed by atoms with van der Waals surface area (Å²) in [6, 6.07) is 14.4. The van der Waals surface area contributed by atoms with E-state index in [0.29, 0.717) is 6.79 Å². The van der Waals surface area contributed by atoms with E-state index < -0.39 is 0 Å². The Morgan fingerprint density at radius 2 is 1.91 bits per heavy atom. The molecule has 33 heavy (non-hydrogen) atoms. The van der Waals surface area contributed by atoms with E-state index in [9.17, 15) is 0 Å². The number of piperazine rings is 1. The molecule has 1 saturated heterocycles. The molecule has 0 aliphatic carbocycles. The number of aliphatic imine (C=N–C) groups is 1. The predicted octanol–water partition coefficient (Wildman–Crippen LogP) is 3.24. The van der Waals surface area contributed by atoms with Crippen molar-refractivity contribution in [3.8, 4) is 11.5 Å². The Labute approximate surface area is 211 Å². The van der Waals surface area contributed by atoms with Gasteiger partial charge in [-0.1, -0.05) is 18.2 Å². The van der Waals surface area contributed by atoms with E-state index in [2.05, 4.69) is 48.3 Å². The van der Waals surface area contributed by atoms with Crippen molar-refractivity contribution in [1.29, 1.82) is 0 Å². The fourth-order valence-electron chi connectivity index (χ4n) is 4.33. The van der Waals surface area contributed by atoms with Crippen LogP contribution in [0.15, 0.2) is 47.5 Å². The third kappa shape index (κ3) is 5.70. The molecule has 2 N–H and O–H groups in total. The molecule has 3 heterocycles. The Bertz CT molecular complexity index is 1060. The van der Waals surface area contributed by atoms with Crippen LogP contribution in [0.25, 0.3) is 11.0 Å². The minimum Gasteiger partial charge on any atom is -0.454 e. The second-order valence-electron chi connectivity index (χ2n) is 8.23. The van der Waals surface area contributed by atoms with Gasteiger partial charge in [0.1, 0.15) is 5.82 Å². The molecule has 0 spiro atoms. The van der Waals surface area contributed by atoms with Crippen molar-refractivity contribution in [2.24, 2.45) is 4.99 Å². The summed E-state index contributed by atoms with van der Waals surface area (Å²) in [6.07, 6.45) is 1.92. The summed E-state index contributed by atoms with van der Waals surface area (Å²) in [5.74, 6) is 3.72. The first kappa shape index (κ1) is 23.6. The van der Waals surface area contributed by atoms with Gasteiger partial charge in [0.15, 0.2) is 17.5 Å². The normalized spacial score (nSPS) is 16.2. The van der Waals surface area contributed by atoms with Gasteiger partial charge in [0.2, 0.25) is 6.79 Å². The van der Waals surface area contributed by atoms with Crippen molar-refractivity contribution < 1.29 is 9.47 Å². The standard InChI is InChI=1S/C24H30N6O2.HI/c1-25-24(26-10-4-7-23-27-19-5-2-3-6-20(19)28-23)30-13-11-29(12-14-30)16-18-8-9-21-22(15-18)32-17-31-21;/h2-3,5-6,8-9,15H,4,7,10-14,16-17H2,1H3,(H,25,26)(H,27,28);1H. The van der Waals surface area contributed by atoms with Gasteiger partial charge in [0.25, 0.3) is 0 Å². The van der Waals surface area contributed by atoms with Gasteiger partial charge in [-0.25, -0.2) is 4.98 Å². The van der Waals surface area contributed by atoms with Crippen LogP contribution in [-0.4, -0.2) is 72.3 Å². The zero-order valence-electron chi connectivity index (χ0n) is 18.9. The fraction of sp³-hybridized carbons (Fsp3) is 0.417. The first-order chi connectivity index (χ1) is 15.8. The minimum absolute atomic E-state index is 0. The lowest BCUT2D eigenvalue weighted by atomic mass is 10.1. The Hall–Kier alpha value is -2.53. The van der Waals surface area contributed by atoms with Crippen LogP contribution in [-0.2, 0) is 13.0 Å². The molecule has 1 fully saturated rings. The van der Waals surface area contributed by atoms with Crippen LogP contribution in [0, 0.1) is 0 Å². The molecule has 1 aromatic heterocycles. The number of ether oxygens (including phenoxy) is 2. The van der Waals surface area contributed by atoms with Gasteiger partial charge in [0.05, 0.1) is 11.0 Å². The average Bonchev–Trinajstić information content (AvgIpc) is 3.46. The number of benzene rings is 2. The summed E-state index contributed by atoms with van der Waals surface area (Å²) < 4.78 is 10.9. The summed E-state index contributed by atoms with van der Waals surface area (Å²) in [6.45, 7) is 6.07. The highest BCUT2D eigenvalue weighted by atomic mass is 127. The quantitative estimate of drug-likeness (QED) is 0.208. The molecule has 2 aliphatic rings. The lowest BCUT2D eigenvalue weighted by Crippen LogP contribution is -2.52. The Kier molecular flexibility index (Phi) is 7.92. The molecule has 9 heteroatoms. The molecule has 0 unspecified atom stereocenters. The molecule has 0 saturated carbocycles. The number of halogens is 1. The summed E-state index contributed by atoms with van der Waals surface area (Å²) in [7, 11) is 1.86. The van der Waals surface area contributed by atoms with Gasteiger partial charge in [-0.3, -0.25) is 9.89 Å². The highest BCUT2D eigenvalue weighted by Crippen LogP contribution is 2.32. The number of aromatic amines is 1. The molecular weight excluding hydrogens is 531 g/mol. The number of nitrogens with one attached hydrogen (secondary N) is 2. The molecule has 2 aliphatic heterocycles. The van der Waals surface area contributed by atoms with Crippen molar-refractivity contribution in [2.75, 3.05) is 46.6 Å². The van der Waals surface area contributed by atoms with Crippen molar-refractivity contribution in [2.45, 2.75) is 19.4 Å². The predicted molar refractivity (Wildman–Crippen MR) is 141 cm³/mol. The number of imidazole rings is 1. The van der Waals surface area contributed by atoms with E-state index in [1.165, 1.54) is 5.56 Å². The number of H-pyrrole nitrogens is 1. The van der Waals surface area contributed by atoms with Crippen LogP contribution in [0.5, 0.6) is 11.5 Å². The maximum atomic E-state index is 5.50. The molecule has 2 aromatic carbocycles. The van der Waals surface area contributed by atoms with E-state index in [-0.39, 0.29) is 24.0 Å². The third-order valence-corrected chi connectivity index (χ3v) is 6.04. The second kappa shape index (κ2) is 11.1. The van der Waals surface area contributed by atoms with Crippen LogP contribution >= 0.6 is 24.0 Å². The number of aryl methyl sites for hydroxylation is 1. The molecule has 5 rings (SSSR count). The lowest BCUT2D eigenvalue weighted by molar-refractivity contribution is 0.171. The second-order valence-corrected chi connectivity index (χ2v) is 8.23. The topological polar surface area (TPSA) is 78.0 Å². The van der Waals surface area contributed by atoms with Gasteiger partial charge >= 0.3 is 0 Å². The smallest absolute Gasteiger partial charge is 0.231 e. The Morgan fingerprint density at radius 1 is 1.09 bits per heavy atom. The Balaban J connectivity index is 0.00000259. The number of hydrogen-bond acceptors (Lipinski definition) is 5. The number of rotatable bonds is 6. The Morgan fingerprint density at radius 3 is 2.73 bits per heavy atom. The average molecular weight is 562 g/mol. The van der Waals surface area contributed by atoms with E-state index in [4.69, 9.17) is 9.47 Å². The van der Waals surface area contributed by atoms with Gasteiger partial charge in [-0.2, -0.15) is 0 Å². The molecule has 0 amide bonds. The van der Waals surface area contributed by atoms with Crippen molar-refractivity contribution in [1.82, 2.24) is 25.1 Å². The minimum atomic E-state index is 0. The number of aromatic nitrogens is 2. The number of para-hydroxylation sites is 2. The monoisotopic (exact) mass is 562 g/mol. The molecule has 3 aromatic rings. The van der Waals surface area contributed by atoms with Gasteiger partial charge < -0.3 is 24.7 Å². The van der Waals surface area contributed by atoms with Crippen LogP contribution in [0.2, 0.25) is 0 Å². The van der Waals surface area contributed by atoms with Gasteiger partial charge in [-0.15, -0.1) is 24.0 Å². The zero-order valence-corrected chi connectivity index (χ0v) is 21.2. The van der Waals surface area contributed by atoms with Crippen LogP contribution < -0.4 is 14.8 Å². The van der Waals surface area contributed by atoms with Gasteiger partial charge in [0, 0.05) is 52.7 Å². The first-order valence-corrected chi connectivity index (χ1v) is 11.3. The number of nitrogens with zero attached hydrogens (tertiary/aromatic N) is 4. The fourth-order valence-corrected chi connectivity index (χ4v) is 4.33. The summed E-state index contributed by atoms with van der Waals surface area (Å²) in [5, 5.41) is 3.52. The van der Waals surface area contributed by atoms with E-state index in [1.54, 1.807) is 0 Å². The van der Waals surface area contributed by atoms with Crippen molar-refractivity contribution >= 4 is 41.0 Å². The van der Waals surface area contributed by atoms with Crippen molar-refractivity contribution in [3.05, 3.63) is 53.9 Å². The van der Waals surface area contributed by atoms with E-state index in [1.807, 2.05) is 31.3 Å². The summed E-state index contributed by atoms with van der Waals surface area (Å²) >= 11 is 0. The molecule has 0 atom stereocenters. The van der Waals surface area contributed by atoms with Crippen molar-refractivity contribution in [3.63, 3.8) is 0 Å². The van der Waals surface area contributed by atoms with E-state index >= 15 is 0 Å². The zero-order chi connectivity index (χ0) is 21.8. The lowest BCUT2D eigenvalue weighted by Gasteiger charge is -2.36. The van der Waals surface area contributed by atoms with Crippen LogP contribution in [0.3, 0.4) is 0 Å².